The second-order valence-corrected chi connectivity index (χ2v) is 4.50. The smallest absolute Gasteiger partial charge is 0.370 e. The summed E-state index contributed by atoms with van der Waals surface area (Å²) in [6.07, 6.45) is 1.92. The maximum absolute atomic E-state index is 12.0. The molecule has 0 radical (unpaired) electrons. The summed E-state index contributed by atoms with van der Waals surface area (Å²) in [5.74, 6) is -0.190. The normalized spacial score (nSPS) is 12.6. The van der Waals surface area contributed by atoms with E-state index in [0.29, 0.717) is 25.1 Å². The Morgan fingerprint density at radius 1 is 1.39 bits per heavy atom. The first kappa shape index (κ1) is 18.4. The SMILES string of the molecule is NC(=O)CCC/C=C/c1nccc(NC(N)=NCC(F)(F)F)n1. The minimum absolute atomic E-state index is 0.222. The van der Waals surface area contributed by atoms with E-state index in [1.54, 1.807) is 12.2 Å². The zero-order valence-corrected chi connectivity index (χ0v) is 12.2. The Kier molecular flexibility index (Phi) is 6.97. The molecule has 126 valence electrons. The fourth-order valence-electron chi connectivity index (χ4n) is 1.45. The molecule has 1 aromatic rings. The number of guanidine groups is 1. The van der Waals surface area contributed by atoms with Crippen molar-refractivity contribution in [1.82, 2.24) is 9.97 Å². The molecule has 0 aromatic carbocycles. The summed E-state index contributed by atoms with van der Waals surface area (Å²) >= 11 is 0. The van der Waals surface area contributed by atoms with Crippen molar-refractivity contribution >= 4 is 23.8 Å². The Labute approximate surface area is 130 Å². The minimum atomic E-state index is -4.42. The highest BCUT2D eigenvalue weighted by Crippen LogP contribution is 2.14. The van der Waals surface area contributed by atoms with Gasteiger partial charge < -0.3 is 16.8 Å². The summed E-state index contributed by atoms with van der Waals surface area (Å²) in [7, 11) is 0. The largest absolute Gasteiger partial charge is 0.408 e. The van der Waals surface area contributed by atoms with Crippen LogP contribution in [0, 0.1) is 0 Å². The predicted octanol–water partition coefficient (Wildman–Crippen LogP) is 1.43. The van der Waals surface area contributed by atoms with E-state index in [0.717, 1.165) is 0 Å². The monoisotopic (exact) mass is 330 g/mol. The molecule has 0 aliphatic carbocycles. The van der Waals surface area contributed by atoms with E-state index in [4.69, 9.17) is 11.5 Å². The molecule has 1 amide bonds. The van der Waals surface area contributed by atoms with Gasteiger partial charge in [-0.1, -0.05) is 6.08 Å². The number of rotatable bonds is 7. The zero-order valence-electron chi connectivity index (χ0n) is 12.2. The number of amides is 1. The van der Waals surface area contributed by atoms with Gasteiger partial charge in [-0.25, -0.2) is 15.0 Å². The third-order valence-corrected chi connectivity index (χ3v) is 2.42. The number of hydrogen-bond acceptors (Lipinski definition) is 4. The molecule has 23 heavy (non-hydrogen) atoms. The number of carbonyl (C=O) groups excluding carboxylic acids is 1. The standard InChI is InChI=1S/C13H17F3N6O/c14-13(15,16)8-20-12(18)22-11-6-7-19-10(21-11)5-3-1-2-4-9(17)23/h3,5-7H,1-2,4,8H2,(H2,17,23)(H3,18,19,20,21,22)/b5-3+. The van der Waals surface area contributed by atoms with Crippen LogP contribution in [0.3, 0.4) is 0 Å². The molecule has 1 heterocycles. The number of halogens is 3. The van der Waals surface area contributed by atoms with Crippen LogP contribution in [0.4, 0.5) is 19.0 Å². The number of carbonyl (C=O) groups is 1. The van der Waals surface area contributed by atoms with Gasteiger partial charge >= 0.3 is 6.18 Å². The van der Waals surface area contributed by atoms with Crippen molar-refractivity contribution in [1.29, 1.82) is 0 Å². The molecule has 1 rings (SSSR count). The summed E-state index contributed by atoms with van der Waals surface area (Å²) in [6, 6.07) is 1.44. The van der Waals surface area contributed by atoms with Gasteiger partial charge in [0.15, 0.2) is 11.8 Å². The van der Waals surface area contributed by atoms with Crippen LogP contribution < -0.4 is 16.8 Å². The Bertz CT molecular complexity index is 585. The second-order valence-electron chi connectivity index (χ2n) is 4.50. The van der Waals surface area contributed by atoms with Crippen LogP contribution in [-0.4, -0.2) is 34.6 Å². The third-order valence-electron chi connectivity index (χ3n) is 2.42. The highest BCUT2D eigenvalue weighted by atomic mass is 19.4. The number of nitrogens with zero attached hydrogens (tertiary/aromatic N) is 3. The number of hydrogen-bond donors (Lipinski definition) is 3. The third kappa shape index (κ3) is 9.06. The number of aliphatic imine (C=N–C) groups is 1. The Morgan fingerprint density at radius 2 is 2.13 bits per heavy atom. The van der Waals surface area contributed by atoms with E-state index in [-0.39, 0.29) is 11.7 Å². The van der Waals surface area contributed by atoms with E-state index in [1.165, 1.54) is 12.3 Å². The van der Waals surface area contributed by atoms with Gasteiger partial charge in [-0.2, -0.15) is 13.2 Å². The Balaban J connectivity index is 2.56. The quantitative estimate of drug-likeness (QED) is 0.397. The molecular weight excluding hydrogens is 313 g/mol. The molecule has 0 bridgehead atoms. The molecule has 5 N–H and O–H groups in total. The molecule has 0 aliphatic rings. The summed E-state index contributed by atoms with van der Waals surface area (Å²) in [5, 5.41) is 2.45. The average Bonchev–Trinajstić information content (AvgIpc) is 2.44. The van der Waals surface area contributed by atoms with Crippen LogP contribution in [0.5, 0.6) is 0 Å². The van der Waals surface area contributed by atoms with Crippen molar-refractivity contribution in [2.24, 2.45) is 16.5 Å². The summed E-state index contributed by atoms with van der Waals surface area (Å²) in [5.41, 5.74) is 10.4. The van der Waals surface area contributed by atoms with Crippen LogP contribution in [0.2, 0.25) is 0 Å². The molecule has 0 saturated carbocycles. The van der Waals surface area contributed by atoms with Crippen molar-refractivity contribution in [2.75, 3.05) is 11.9 Å². The number of nitrogens with two attached hydrogens (primary N) is 2. The van der Waals surface area contributed by atoms with Gasteiger partial charge in [0, 0.05) is 12.6 Å². The molecule has 1 aromatic heterocycles. The maximum atomic E-state index is 12.0. The van der Waals surface area contributed by atoms with Gasteiger partial charge in [0.1, 0.15) is 12.4 Å². The van der Waals surface area contributed by atoms with Gasteiger partial charge in [0.05, 0.1) is 0 Å². The summed E-state index contributed by atoms with van der Waals surface area (Å²) in [6.45, 7) is -1.37. The van der Waals surface area contributed by atoms with Crippen molar-refractivity contribution < 1.29 is 18.0 Å². The number of anilines is 1. The average molecular weight is 330 g/mol. The Morgan fingerprint density at radius 3 is 2.78 bits per heavy atom. The second kappa shape index (κ2) is 8.71. The number of aromatic nitrogens is 2. The van der Waals surface area contributed by atoms with Crippen molar-refractivity contribution in [3.63, 3.8) is 0 Å². The number of alkyl halides is 3. The lowest BCUT2D eigenvalue weighted by Gasteiger charge is -2.06. The fraction of sp³-hybridized carbons (Fsp3) is 0.385. The first-order chi connectivity index (χ1) is 10.8. The molecule has 0 spiro atoms. The van der Waals surface area contributed by atoms with Crippen molar-refractivity contribution in [3.8, 4) is 0 Å². The van der Waals surface area contributed by atoms with Gasteiger partial charge in [-0.15, -0.1) is 0 Å². The van der Waals surface area contributed by atoms with Gasteiger partial charge in [-0.05, 0) is 25.0 Å². The molecule has 0 unspecified atom stereocenters. The molecule has 0 fully saturated rings. The highest BCUT2D eigenvalue weighted by Gasteiger charge is 2.26. The van der Waals surface area contributed by atoms with Gasteiger partial charge in [0.2, 0.25) is 5.91 Å². The lowest BCUT2D eigenvalue weighted by molar-refractivity contribution is -0.119. The molecule has 0 aliphatic heterocycles. The Hall–Kier alpha value is -2.65. The molecule has 0 atom stereocenters. The highest BCUT2D eigenvalue weighted by molar-refractivity contribution is 5.91. The topological polar surface area (TPSA) is 119 Å². The first-order valence-corrected chi connectivity index (χ1v) is 6.68. The number of nitrogens with one attached hydrogen (secondary N) is 1. The number of unbranched alkanes of at least 4 members (excludes halogenated alkanes) is 1. The number of primary amides is 1. The van der Waals surface area contributed by atoms with Crippen molar-refractivity contribution in [2.45, 2.75) is 25.4 Å². The van der Waals surface area contributed by atoms with Crippen LogP contribution in [0.25, 0.3) is 6.08 Å². The summed E-state index contributed by atoms with van der Waals surface area (Å²) < 4.78 is 36.1. The molecule has 10 heteroatoms. The zero-order chi connectivity index (χ0) is 17.3. The lowest BCUT2D eigenvalue weighted by Crippen LogP contribution is -2.26. The van der Waals surface area contributed by atoms with Crippen LogP contribution >= 0.6 is 0 Å². The summed E-state index contributed by atoms with van der Waals surface area (Å²) in [4.78, 5) is 21.7. The minimum Gasteiger partial charge on any atom is -0.370 e. The van der Waals surface area contributed by atoms with Crippen molar-refractivity contribution in [3.05, 3.63) is 24.2 Å². The van der Waals surface area contributed by atoms with Crippen LogP contribution in [0.15, 0.2) is 23.3 Å². The molecular formula is C13H17F3N6O. The fourth-order valence-corrected chi connectivity index (χ4v) is 1.45. The van der Waals surface area contributed by atoms with E-state index in [1.807, 2.05) is 0 Å². The van der Waals surface area contributed by atoms with E-state index >= 15 is 0 Å². The molecule has 0 saturated heterocycles. The van der Waals surface area contributed by atoms with Crippen LogP contribution in [0.1, 0.15) is 25.1 Å². The van der Waals surface area contributed by atoms with E-state index in [2.05, 4.69) is 20.3 Å². The van der Waals surface area contributed by atoms with Gasteiger partial charge in [-0.3, -0.25) is 4.79 Å². The lowest BCUT2D eigenvalue weighted by atomic mass is 10.2. The van der Waals surface area contributed by atoms with E-state index in [9.17, 15) is 18.0 Å². The van der Waals surface area contributed by atoms with E-state index < -0.39 is 18.7 Å². The first-order valence-electron chi connectivity index (χ1n) is 6.68. The van der Waals surface area contributed by atoms with Gasteiger partial charge in [0.25, 0.3) is 0 Å². The molecule has 7 nitrogen and oxygen atoms in total. The van der Waals surface area contributed by atoms with Crippen LogP contribution in [-0.2, 0) is 4.79 Å². The maximum Gasteiger partial charge on any atom is 0.408 e. The predicted molar refractivity (Wildman–Crippen MR) is 80.3 cm³/mol. The number of allylic oxidation sites excluding steroid dienone is 1.